The van der Waals surface area contributed by atoms with Gasteiger partial charge < -0.3 is 19.2 Å². The van der Waals surface area contributed by atoms with Gasteiger partial charge >= 0.3 is 0 Å². The molecule has 9 heteroatoms. The standard InChI is InChI=1S/C21H23N3O5S/c1-4-27-16-11-13(12-17(28-5-2)18(16)29-6-3)19(25)23-24-20(26)14-9-7-8-10-15(14)22-21(24)30/h7-12H,4-6H2,1-3H3,(H,22,30)(H,23,25). The zero-order valence-corrected chi connectivity index (χ0v) is 17.8. The van der Waals surface area contributed by atoms with E-state index in [1.54, 1.807) is 36.4 Å². The summed E-state index contributed by atoms with van der Waals surface area (Å²) in [7, 11) is 0. The molecule has 3 rings (SSSR count). The number of nitrogens with zero attached hydrogens (tertiary/aromatic N) is 1. The van der Waals surface area contributed by atoms with E-state index < -0.39 is 11.5 Å². The molecule has 0 aliphatic heterocycles. The summed E-state index contributed by atoms with van der Waals surface area (Å²) in [6.07, 6.45) is 0. The number of hydrogen-bond donors (Lipinski definition) is 2. The number of H-pyrrole nitrogens is 1. The number of amides is 1. The van der Waals surface area contributed by atoms with E-state index in [1.807, 2.05) is 20.8 Å². The number of aromatic nitrogens is 2. The van der Waals surface area contributed by atoms with Crippen molar-refractivity contribution < 1.29 is 19.0 Å². The summed E-state index contributed by atoms with van der Waals surface area (Å²) in [5, 5.41) is 0.406. The fraction of sp³-hybridized carbons (Fsp3) is 0.286. The lowest BCUT2D eigenvalue weighted by Crippen LogP contribution is -2.34. The normalized spacial score (nSPS) is 10.6. The molecule has 0 saturated carbocycles. The summed E-state index contributed by atoms with van der Waals surface area (Å²) in [4.78, 5) is 28.7. The summed E-state index contributed by atoms with van der Waals surface area (Å²) in [6, 6.07) is 10.0. The number of rotatable bonds is 8. The van der Waals surface area contributed by atoms with Crippen LogP contribution < -0.4 is 25.2 Å². The minimum absolute atomic E-state index is 0.0769. The van der Waals surface area contributed by atoms with Crippen LogP contribution in [0.3, 0.4) is 0 Å². The van der Waals surface area contributed by atoms with E-state index in [-0.39, 0.29) is 10.3 Å². The van der Waals surface area contributed by atoms with Crippen molar-refractivity contribution in [2.75, 3.05) is 25.2 Å². The first-order chi connectivity index (χ1) is 14.5. The number of carbonyl (C=O) groups is 1. The summed E-state index contributed by atoms with van der Waals surface area (Å²) in [5.74, 6) is 0.646. The van der Waals surface area contributed by atoms with Gasteiger partial charge in [-0.05, 0) is 57.3 Å². The largest absolute Gasteiger partial charge is 0.490 e. The zero-order valence-electron chi connectivity index (χ0n) is 17.0. The van der Waals surface area contributed by atoms with Crippen LogP contribution in [0.1, 0.15) is 31.1 Å². The Kier molecular flexibility index (Phi) is 6.73. The van der Waals surface area contributed by atoms with Gasteiger partial charge in [0, 0.05) is 5.56 Å². The Morgan fingerprint density at radius 2 is 1.63 bits per heavy atom. The molecule has 0 fully saturated rings. The maximum Gasteiger partial charge on any atom is 0.281 e. The molecule has 0 spiro atoms. The number of ether oxygens (including phenoxy) is 3. The number of aromatic amines is 1. The molecule has 8 nitrogen and oxygen atoms in total. The Hall–Kier alpha value is -3.33. The maximum atomic E-state index is 13.0. The Labute approximate surface area is 178 Å². The molecule has 0 aliphatic rings. The maximum absolute atomic E-state index is 13.0. The van der Waals surface area contributed by atoms with Crippen LogP contribution in [0, 0.1) is 4.77 Å². The smallest absolute Gasteiger partial charge is 0.281 e. The average Bonchev–Trinajstić information content (AvgIpc) is 2.73. The molecule has 158 valence electrons. The summed E-state index contributed by atoms with van der Waals surface area (Å²) in [5.41, 5.74) is 2.96. The van der Waals surface area contributed by atoms with Gasteiger partial charge in [-0.15, -0.1) is 0 Å². The second-order valence-corrected chi connectivity index (χ2v) is 6.54. The minimum Gasteiger partial charge on any atom is -0.490 e. The van der Waals surface area contributed by atoms with Gasteiger partial charge in [-0.3, -0.25) is 15.0 Å². The summed E-state index contributed by atoms with van der Waals surface area (Å²) in [6.45, 7) is 6.68. The molecule has 30 heavy (non-hydrogen) atoms. The molecular formula is C21H23N3O5S. The molecule has 2 N–H and O–H groups in total. The molecule has 0 atom stereocenters. The molecule has 0 radical (unpaired) electrons. The third-order valence-corrected chi connectivity index (χ3v) is 4.47. The van der Waals surface area contributed by atoms with Gasteiger partial charge in [-0.2, -0.15) is 4.68 Å². The monoisotopic (exact) mass is 429 g/mol. The first-order valence-electron chi connectivity index (χ1n) is 9.61. The lowest BCUT2D eigenvalue weighted by Gasteiger charge is -2.17. The molecule has 0 aliphatic carbocycles. The van der Waals surface area contributed by atoms with Crippen LogP contribution >= 0.6 is 12.2 Å². The van der Waals surface area contributed by atoms with Crippen LogP contribution in [0.25, 0.3) is 10.9 Å². The average molecular weight is 429 g/mol. The molecule has 1 aromatic heterocycles. The fourth-order valence-electron chi connectivity index (χ4n) is 2.95. The topological polar surface area (TPSA) is 94.6 Å². The molecule has 3 aromatic rings. The van der Waals surface area contributed by atoms with Crippen LogP contribution in [-0.4, -0.2) is 35.4 Å². The van der Waals surface area contributed by atoms with E-state index in [0.717, 1.165) is 4.68 Å². The minimum atomic E-state index is -0.545. The quantitative estimate of drug-likeness (QED) is 0.531. The van der Waals surface area contributed by atoms with Gasteiger partial charge in [0.05, 0.1) is 30.7 Å². The lowest BCUT2D eigenvalue weighted by atomic mass is 10.1. The third kappa shape index (κ3) is 4.30. The lowest BCUT2D eigenvalue weighted by molar-refractivity contribution is 0.101. The summed E-state index contributed by atoms with van der Waals surface area (Å²) >= 11 is 5.25. The van der Waals surface area contributed by atoms with Crippen molar-refractivity contribution in [1.29, 1.82) is 0 Å². The fourth-order valence-corrected chi connectivity index (χ4v) is 3.19. The highest BCUT2D eigenvalue weighted by molar-refractivity contribution is 7.71. The zero-order chi connectivity index (χ0) is 21.7. The molecule has 0 bridgehead atoms. The van der Waals surface area contributed by atoms with Crippen LogP contribution in [0.2, 0.25) is 0 Å². The van der Waals surface area contributed by atoms with Crippen molar-refractivity contribution in [3.8, 4) is 17.2 Å². The SMILES string of the molecule is CCOc1cc(C(=O)Nn2c(=S)[nH]c3ccccc3c2=O)cc(OCC)c1OCC. The van der Waals surface area contributed by atoms with Crippen molar-refractivity contribution in [2.45, 2.75) is 20.8 Å². The second-order valence-electron chi connectivity index (χ2n) is 6.16. The molecule has 0 unspecified atom stereocenters. The van der Waals surface area contributed by atoms with E-state index in [4.69, 9.17) is 26.4 Å². The Morgan fingerprint density at radius 3 is 2.23 bits per heavy atom. The molecule has 2 aromatic carbocycles. The van der Waals surface area contributed by atoms with Crippen molar-refractivity contribution in [1.82, 2.24) is 9.66 Å². The first kappa shape index (κ1) is 21.4. The van der Waals surface area contributed by atoms with Gasteiger partial charge in [0.1, 0.15) is 0 Å². The number of benzene rings is 2. The summed E-state index contributed by atoms with van der Waals surface area (Å²) < 4.78 is 18.0. The van der Waals surface area contributed by atoms with Crippen LogP contribution in [-0.2, 0) is 0 Å². The highest BCUT2D eigenvalue weighted by Gasteiger charge is 2.19. The molecule has 0 saturated heterocycles. The number of nitrogens with one attached hydrogen (secondary N) is 2. The Morgan fingerprint density at radius 1 is 1.03 bits per heavy atom. The number of hydrogen-bond acceptors (Lipinski definition) is 6. The molecule has 1 amide bonds. The van der Waals surface area contributed by atoms with Gasteiger partial charge in [0.25, 0.3) is 11.5 Å². The predicted molar refractivity (Wildman–Crippen MR) is 117 cm³/mol. The second kappa shape index (κ2) is 9.45. The molecular weight excluding hydrogens is 406 g/mol. The number of carbonyl (C=O) groups excluding carboxylic acids is 1. The van der Waals surface area contributed by atoms with Gasteiger partial charge in [0.2, 0.25) is 5.75 Å². The Balaban J connectivity index is 2.04. The van der Waals surface area contributed by atoms with Gasteiger partial charge in [-0.1, -0.05) is 12.1 Å². The van der Waals surface area contributed by atoms with Gasteiger partial charge in [-0.25, -0.2) is 0 Å². The van der Waals surface area contributed by atoms with Crippen LogP contribution in [0.4, 0.5) is 0 Å². The van der Waals surface area contributed by atoms with Crippen molar-refractivity contribution in [2.24, 2.45) is 0 Å². The molecule has 1 heterocycles. The highest BCUT2D eigenvalue weighted by Crippen LogP contribution is 2.39. The van der Waals surface area contributed by atoms with E-state index >= 15 is 0 Å². The highest BCUT2D eigenvalue weighted by atomic mass is 32.1. The van der Waals surface area contributed by atoms with Crippen molar-refractivity contribution in [3.63, 3.8) is 0 Å². The third-order valence-electron chi connectivity index (χ3n) is 4.19. The van der Waals surface area contributed by atoms with Crippen molar-refractivity contribution >= 4 is 29.0 Å². The van der Waals surface area contributed by atoms with Crippen molar-refractivity contribution in [3.05, 3.63) is 57.1 Å². The van der Waals surface area contributed by atoms with E-state index in [9.17, 15) is 9.59 Å². The van der Waals surface area contributed by atoms with E-state index in [0.29, 0.717) is 48.0 Å². The van der Waals surface area contributed by atoms with Gasteiger partial charge in [0.15, 0.2) is 16.3 Å². The first-order valence-corrected chi connectivity index (χ1v) is 10.0. The predicted octanol–water partition coefficient (Wildman–Crippen LogP) is 3.64. The van der Waals surface area contributed by atoms with Crippen LogP contribution in [0.15, 0.2) is 41.2 Å². The number of fused-ring (bicyclic) bond motifs is 1. The Bertz CT molecular complexity index is 1160. The number of para-hydroxylation sites is 1. The van der Waals surface area contributed by atoms with Crippen LogP contribution in [0.5, 0.6) is 17.2 Å². The van der Waals surface area contributed by atoms with E-state index in [1.165, 1.54) is 0 Å². The van der Waals surface area contributed by atoms with E-state index in [2.05, 4.69) is 10.4 Å².